The first kappa shape index (κ1) is 37.6. The van der Waals surface area contributed by atoms with Crippen LogP contribution < -0.4 is 0 Å². The van der Waals surface area contributed by atoms with E-state index in [1.807, 2.05) is 0 Å². The van der Waals surface area contributed by atoms with Crippen molar-refractivity contribution < 1.29 is 28.2 Å². The molecule has 0 aromatic carbocycles. The first-order valence-electron chi connectivity index (χ1n) is 16.4. The maximum Gasteiger partial charge on any atom is 0.200 e. The zero-order valence-corrected chi connectivity index (χ0v) is 32.7. The number of hydrogen-bond acceptors (Lipinski definition) is 6. The summed E-state index contributed by atoms with van der Waals surface area (Å²) < 4.78 is 28.2. The van der Waals surface area contributed by atoms with Gasteiger partial charge < -0.3 is 28.2 Å². The second-order valence-corrected chi connectivity index (χ2v) is 32.2. The predicted octanol–water partition coefficient (Wildman–Crippen LogP) is 8.74. The van der Waals surface area contributed by atoms with Gasteiger partial charge in [0.05, 0.1) is 18.8 Å². The highest BCUT2D eigenvalue weighted by molar-refractivity contribution is 6.77. The van der Waals surface area contributed by atoms with Gasteiger partial charge >= 0.3 is 0 Å². The smallest absolute Gasteiger partial charge is 0.200 e. The average molecular weight is 633 g/mol. The van der Waals surface area contributed by atoms with Gasteiger partial charge in [-0.25, -0.2) is 0 Å². The number of aliphatic hydroxyl groups is 2. The summed E-state index contributed by atoms with van der Waals surface area (Å²) in [5.41, 5.74) is -0.167. The molecule has 1 aliphatic heterocycles. The van der Waals surface area contributed by atoms with Gasteiger partial charge in [-0.3, -0.25) is 0 Å². The van der Waals surface area contributed by atoms with Crippen molar-refractivity contribution >= 4 is 25.0 Å². The van der Waals surface area contributed by atoms with Crippen LogP contribution in [0.5, 0.6) is 0 Å². The van der Waals surface area contributed by atoms with Crippen LogP contribution in [-0.4, -0.2) is 71.5 Å². The Morgan fingerprint density at radius 1 is 0.756 bits per heavy atom. The monoisotopic (exact) mass is 632 g/mol. The average Bonchev–Trinajstić information content (AvgIpc) is 3.23. The van der Waals surface area contributed by atoms with E-state index in [4.69, 9.17) is 18.0 Å². The zero-order valence-electron chi connectivity index (χ0n) is 29.7. The van der Waals surface area contributed by atoms with Crippen LogP contribution in [0.25, 0.3) is 0 Å². The highest BCUT2D eigenvalue weighted by atomic mass is 28.4. The van der Waals surface area contributed by atoms with Crippen LogP contribution in [0, 0.1) is 0 Å². The van der Waals surface area contributed by atoms with Crippen LogP contribution in [-0.2, 0) is 18.0 Å². The van der Waals surface area contributed by atoms with Gasteiger partial charge in [0.25, 0.3) is 0 Å². The lowest BCUT2D eigenvalue weighted by Crippen LogP contribution is -2.69. The Labute approximate surface area is 257 Å². The van der Waals surface area contributed by atoms with Crippen molar-refractivity contribution in [3.05, 3.63) is 0 Å². The quantitative estimate of drug-likeness (QED) is 0.222. The van der Waals surface area contributed by atoms with E-state index >= 15 is 0 Å². The minimum absolute atomic E-state index is 0.0115. The summed E-state index contributed by atoms with van der Waals surface area (Å²) in [5.74, 6) is -1.71. The molecule has 1 aliphatic carbocycles. The minimum Gasteiger partial charge on any atom is -0.414 e. The molecule has 0 radical (unpaired) electrons. The van der Waals surface area contributed by atoms with Crippen molar-refractivity contribution in [3.63, 3.8) is 0 Å². The summed E-state index contributed by atoms with van der Waals surface area (Å²) >= 11 is 0. The molecule has 4 atom stereocenters. The molecule has 1 heterocycles. The molecule has 2 rings (SSSR count). The Morgan fingerprint density at radius 2 is 1.20 bits per heavy atom. The summed E-state index contributed by atoms with van der Waals surface area (Å²) in [6.07, 6.45) is 1.68. The molecule has 9 heteroatoms. The first-order valence-corrected chi connectivity index (χ1v) is 24.3. The summed E-state index contributed by atoms with van der Waals surface area (Å²) in [4.78, 5) is 0. The molecule has 2 aliphatic rings. The van der Waals surface area contributed by atoms with Gasteiger partial charge in [0.2, 0.25) is 8.32 Å². The normalized spacial score (nSPS) is 28.8. The van der Waals surface area contributed by atoms with Crippen molar-refractivity contribution in [3.8, 4) is 0 Å². The van der Waals surface area contributed by atoms with Gasteiger partial charge in [0.15, 0.2) is 22.4 Å². The van der Waals surface area contributed by atoms with Crippen LogP contribution in [0.15, 0.2) is 0 Å². The predicted molar refractivity (Wildman–Crippen MR) is 179 cm³/mol. The molecule has 0 spiro atoms. The second kappa shape index (κ2) is 12.7. The molecule has 0 bridgehead atoms. The third-order valence-corrected chi connectivity index (χ3v) is 26.5. The number of hydrogen-bond donors (Lipinski definition) is 2. The van der Waals surface area contributed by atoms with E-state index in [2.05, 4.69) is 109 Å². The maximum absolute atomic E-state index is 12.3. The van der Waals surface area contributed by atoms with Crippen LogP contribution in [0.4, 0.5) is 0 Å². The van der Waals surface area contributed by atoms with Crippen LogP contribution in [0.1, 0.15) is 115 Å². The standard InChI is InChI=1S/C32H68O6Si3/c1-23(2)41(24(3)4,25(5)6)37-26-21-32(34,31(33)19-17-18-20-31)36-27(22-35-39(13,14)29(7,8)9)28(26)38-40(15,16)30(10,11)12/h23-28,33-34H,17-22H2,1-16H3/t26-,27-,28-,32-/m1/s1. The Balaban J connectivity index is 2.71. The highest BCUT2D eigenvalue weighted by Gasteiger charge is 2.62. The maximum atomic E-state index is 12.3. The largest absolute Gasteiger partial charge is 0.414 e. The van der Waals surface area contributed by atoms with Crippen molar-refractivity contribution in [2.24, 2.45) is 0 Å². The molecule has 0 aromatic heterocycles. The lowest BCUT2D eigenvalue weighted by molar-refractivity contribution is -0.359. The molecular weight excluding hydrogens is 565 g/mol. The van der Waals surface area contributed by atoms with Crippen molar-refractivity contribution in [1.82, 2.24) is 0 Å². The molecule has 1 saturated heterocycles. The minimum atomic E-state index is -2.37. The first-order chi connectivity index (χ1) is 18.3. The van der Waals surface area contributed by atoms with Crippen LogP contribution in [0.2, 0.25) is 52.9 Å². The molecule has 41 heavy (non-hydrogen) atoms. The van der Waals surface area contributed by atoms with E-state index in [0.29, 0.717) is 36.1 Å². The molecule has 0 aromatic rings. The lowest BCUT2D eigenvalue weighted by Gasteiger charge is -2.56. The van der Waals surface area contributed by atoms with Crippen molar-refractivity contribution in [1.29, 1.82) is 0 Å². The Bertz CT molecular complexity index is 833. The summed E-state index contributed by atoms with van der Waals surface area (Å²) in [6, 6.07) is 0. The zero-order chi connectivity index (χ0) is 32.0. The highest BCUT2D eigenvalue weighted by Crippen LogP contribution is 2.51. The molecule has 6 nitrogen and oxygen atoms in total. The summed E-state index contributed by atoms with van der Waals surface area (Å²) in [6.45, 7) is 36.6. The van der Waals surface area contributed by atoms with Gasteiger partial charge in [0, 0.05) is 6.42 Å². The van der Waals surface area contributed by atoms with Gasteiger partial charge in [-0.1, -0.05) is 95.9 Å². The molecule has 2 N–H and O–H groups in total. The van der Waals surface area contributed by atoms with E-state index in [0.717, 1.165) is 12.8 Å². The summed E-state index contributed by atoms with van der Waals surface area (Å²) in [5, 5.41) is 24.2. The van der Waals surface area contributed by atoms with Crippen LogP contribution >= 0.6 is 0 Å². The molecule has 0 unspecified atom stereocenters. The van der Waals surface area contributed by atoms with Crippen molar-refractivity contribution in [2.45, 2.75) is 198 Å². The lowest BCUT2D eigenvalue weighted by atomic mass is 9.82. The van der Waals surface area contributed by atoms with E-state index in [9.17, 15) is 10.2 Å². The molecular formula is C32H68O6Si3. The van der Waals surface area contributed by atoms with E-state index in [1.54, 1.807) is 0 Å². The Kier molecular flexibility index (Phi) is 11.6. The molecule has 244 valence electrons. The fourth-order valence-corrected chi connectivity index (χ4v) is 14.6. The van der Waals surface area contributed by atoms with Crippen LogP contribution in [0.3, 0.4) is 0 Å². The SMILES string of the molecule is CC(C)[Si](O[C@@H]1C[C@](O)(C2(O)CCCC2)O[C@H](CO[Si](C)(C)C(C)(C)C)[C@@H]1O[Si](C)(C)C(C)(C)C)(C(C)C)C(C)C. The van der Waals surface area contributed by atoms with E-state index < -0.39 is 54.7 Å². The van der Waals surface area contributed by atoms with E-state index in [1.165, 1.54) is 0 Å². The Hall–Kier alpha value is 0.411. The topological polar surface area (TPSA) is 77.4 Å². The van der Waals surface area contributed by atoms with Gasteiger partial charge in [0.1, 0.15) is 11.7 Å². The molecule has 1 saturated carbocycles. The van der Waals surface area contributed by atoms with Gasteiger partial charge in [-0.15, -0.1) is 0 Å². The number of rotatable bonds is 11. The van der Waals surface area contributed by atoms with Crippen molar-refractivity contribution in [2.75, 3.05) is 6.61 Å². The fourth-order valence-electron chi connectivity index (χ4n) is 6.73. The molecule has 0 amide bonds. The third kappa shape index (κ3) is 7.63. The van der Waals surface area contributed by atoms with Gasteiger partial charge in [-0.05, 0) is 65.7 Å². The third-order valence-electron chi connectivity index (χ3n) is 11.4. The van der Waals surface area contributed by atoms with E-state index in [-0.39, 0.29) is 16.5 Å². The fraction of sp³-hybridized carbons (Fsp3) is 1.00. The Morgan fingerprint density at radius 3 is 1.59 bits per heavy atom. The number of ether oxygens (including phenoxy) is 1. The summed E-state index contributed by atoms with van der Waals surface area (Å²) in [7, 11) is -6.78. The second-order valence-electron chi connectivity index (χ2n) is 17.3. The molecule has 2 fully saturated rings. The van der Waals surface area contributed by atoms with Gasteiger partial charge in [-0.2, -0.15) is 0 Å².